The standard InChI is InChI=1S/C16H22O3/c1-9-12(17)6-8-15(3)7-5-11-10(2)16(4,18)19-14(11)13(9)15/h6,8,10-11,14,18H,5,7H2,1-4H3/t10-,11-,14-,15-,16?/m0/s1. The van der Waals surface area contributed by atoms with E-state index in [9.17, 15) is 9.90 Å². The summed E-state index contributed by atoms with van der Waals surface area (Å²) in [5, 5.41) is 10.4. The SMILES string of the molecule is CC1=C2[C@H]3OC(C)(O)[C@@H](C)[C@@H]3CC[C@@]2(C)C=CC1=O. The summed E-state index contributed by atoms with van der Waals surface area (Å²) in [7, 11) is 0. The van der Waals surface area contributed by atoms with E-state index >= 15 is 0 Å². The molecule has 0 bridgehead atoms. The number of fused-ring (bicyclic) bond motifs is 3. The summed E-state index contributed by atoms with van der Waals surface area (Å²) in [6.07, 6.45) is 5.66. The highest BCUT2D eigenvalue weighted by Gasteiger charge is 2.56. The van der Waals surface area contributed by atoms with Crippen LogP contribution >= 0.6 is 0 Å². The van der Waals surface area contributed by atoms with Crippen LogP contribution in [0.3, 0.4) is 0 Å². The molecule has 1 unspecified atom stereocenters. The minimum atomic E-state index is -1.09. The van der Waals surface area contributed by atoms with Gasteiger partial charge in [-0.3, -0.25) is 4.79 Å². The molecule has 0 spiro atoms. The maximum Gasteiger partial charge on any atom is 0.181 e. The number of ketones is 1. The third-order valence-corrected chi connectivity index (χ3v) is 5.51. The number of rotatable bonds is 0. The Bertz CT molecular complexity index is 500. The average molecular weight is 262 g/mol. The molecule has 3 rings (SSSR count). The van der Waals surface area contributed by atoms with Crippen LogP contribution in [0.1, 0.15) is 40.5 Å². The van der Waals surface area contributed by atoms with Crippen LogP contribution in [0.15, 0.2) is 23.3 Å². The van der Waals surface area contributed by atoms with Crippen molar-refractivity contribution in [2.45, 2.75) is 52.4 Å². The molecule has 0 aromatic rings. The van der Waals surface area contributed by atoms with Crippen LogP contribution in [0.5, 0.6) is 0 Å². The van der Waals surface area contributed by atoms with Gasteiger partial charge in [-0.25, -0.2) is 0 Å². The number of aliphatic hydroxyl groups is 1. The first kappa shape index (κ1) is 13.1. The van der Waals surface area contributed by atoms with E-state index in [4.69, 9.17) is 4.74 Å². The first-order valence-electron chi connectivity index (χ1n) is 7.11. The molecule has 3 nitrogen and oxygen atoms in total. The van der Waals surface area contributed by atoms with Crippen molar-refractivity contribution >= 4 is 5.78 Å². The Kier molecular flexibility index (Phi) is 2.61. The predicted octanol–water partition coefficient (Wildman–Crippen LogP) is 2.60. The molecule has 104 valence electrons. The fourth-order valence-electron chi connectivity index (χ4n) is 4.04. The smallest absolute Gasteiger partial charge is 0.181 e. The molecular formula is C16H22O3. The summed E-state index contributed by atoms with van der Waals surface area (Å²) >= 11 is 0. The molecule has 2 aliphatic carbocycles. The summed E-state index contributed by atoms with van der Waals surface area (Å²) in [5.41, 5.74) is 1.82. The molecule has 1 heterocycles. The van der Waals surface area contributed by atoms with Gasteiger partial charge in [0.25, 0.3) is 0 Å². The zero-order valence-corrected chi connectivity index (χ0v) is 12.1. The summed E-state index contributed by atoms with van der Waals surface area (Å²) < 4.78 is 5.93. The highest BCUT2D eigenvalue weighted by atomic mass is 16.6. The Balaban J connectivity index is 2.09. The van der Waals surface area contributed by atoms with Crippen LogP contribution in [0, 0.1) is 17.3 Å². The lowest BCUT2D eigenvalue weighted by Crippen LogP contribution is -2.39. The fraction of sp³-hybridized carbons (Fsp3) is 0.688. The molecule has 19 heavy (non-hydrogen) atoms. The summed E-state index contributed by atoms with van der Waals surface area (Å²) in [6.45, 7) is 7.85. The lowest BCUT2D eigenvalue weighted by molar-refractivity contribution is -0.191. The van der Waals surface area contributed by atoms with Crippen LogP contribution in [-0.2, 0) is 9.53 Å². The van der Waals surface area contributed by atoms with Crippen molar-refractivity contribution in [3.63, 3.8) is 0 Å². The average Bonchev–Trinajstić information content (AvgIpc) is 2.55. The van der Waals surface area contributed by atoms with Crippen LogP contribution in [-0.4, -0.2) is 22.8 Å². The maximum atomic E-state index is 12.0. The van der Waals surface area contributed by atoms with E-state index < -0.39 is 5.79 Å². The van der Waals surface area contributed by atoms with Crippen LogP contribution in [0.4, 0.5) is 0 Å². The molecular weight excluding hydrogens is 240 g/mol. The Morgan fingerprint density at radius 2 is 2.11 bits per heavy atom. The second-order valence-electron chi connectivity index (χ2n) is 6.74. The van der Waals surface area contributed by atoms with Gasteiger partial charge >= 0.3 is 0 Å². The van der Waals surface area contributed by atoms with Crippen LogP contribution in [0.25, 0.3) is 0 Å². The Hall–Kier alpha value is -0.930. The lowest BCUT2D eigenvalue weighted by atomic mass is 9.61. The molecule has 3 heteroatoms. The second kappa shape index (κ2) is 3.80. The van der Waals surface area contributed by atoms with Crippen molar-refractivity contribution in [3.05, 3.63) is 23.3 Å². The van der Waals surface area contributed by atoms with E-state index in [0.717, 1.165) is 24.0 Å². The molecule has 3 aliphatic rings. The Labute approximate surface area is 114 Å². The quantitative estimate of drug-likeness (QED) is 0.730. The third kappa shape index (κ3) is 1.68. The van der Waals surface area contributed by atoms with Crippen LogP contribution < -0.4 is 0 Å². The van der Waals surface area contributed by atoms with E-state index in [0.29, 0.717) is 5.92 Å². The number of allylic oxidation sites excluding steroid dienone is 3. The normalized spacial score (nSPS) is 49.3. The number of ether oxygens (including phenoxy) is 1. The first-order chi connectivity index (χ1) is 8.76. The summed E-state index contributed by atoms with van der Waals surface area (Å²) in [4.78, 5) is 12.0. The number of hydrogen-bond acceptors (Lipinski definition) is 3. The van der Waals surface area contributed by atoms with Gasteiger partial charge in [0.05, 0.1) is 6.10 Å². The molecule has 1 saturated heterocycles. The minimum absolute atomic E-state index is 0.0796. The Morgan fingerprint density at radius 1 is 1.42 bits per heavy atom. The highest BCUT2D eigenvalue weighted by molar-refractivity contribution is 6.05. The zero-order chi connectivity index (χ0) is 14.0. The third-order valence-electron chi connectivity index (χ3n) is 5.51. The monoisotopic (exact) mass is 262 g/mol. The molecule has 0 aromatic carbocycles. The molecule has 1 aliphatic heterocycles. The topological polar surface area (TPSA) is 46.5 Å². The minimum Gasteiger partial charge on any atom is -0.365 e. The lowest BCUT2D eigenvalue weighted by Gasteiger charge is -2.43. The molecule has 1 saturated carbocycles. The van der Waals surface area contributed by atoms with E-state index in [1.807, 2.05) is 19.9 Å². The predicted molar refractivity (Wildman–Crippen MR) is 72.3 cm³/mol. The van der Waals surface area contributed by atoms with Crippen LogP contribution in [0.2, 0.25) is 0 Å². The largest absolute Gasteiger partial charge is 0.365 e. The molecule has 2 fully saturated rings. The molecule has 5 atom stereocenters. The van der Waals surface area contributed by atoms with E-state index in [-0.39, 0.29) is 23.2 Å². The molecule has 1 N–H and O–H groups in total. The molecule has 0 radical (unpaired) electrons. The van der Waals surface area contributed by atoms with Crippen molar-refractivity contribution in [1.29, 1.82) is 0 Å². The van der Waals surface area contributed by atoms with Gasteiger partial charge in [0.15, 0.2) is 11.6 Å². The fourth-order valence-corrected chi connectivity index (χ4v) is 4.04. The summed E-state index contributed by atoms with van der Waals surface area (Å²) in [5.74, 6) is -0.593. The van der Waals surface area contributed by atoms with E-state index in [1.54, 1.807) is 13.0 Å². The second-order valence-corrected chi connectivity index (χ2v) is 6.74. The van der Waals surface area contributed by atoms with Gasteiger partial charge in [-0.15, -0.1) is 0 Å². The van der Waals surface area contributed by atoms with Gasteiger partial charge < -0.3 is 9.84 Å². The van der Waals surface area contributed by atoms with Gasteiger partial charge in [-0.2, -0.15) is 0 Å². The maximum absolute atomic E-state index is 12.0. The van der Waals surface area contributed by atoms with Crippen molar-refractivity contribution in [3.8, 4) is 0 Å². The van der Waals surface area contributed by atoms with Gasteiger partial charge in [0, 0.05) is 11.3 Å². The van der Waals surface area contributed by atoms with Gasteiger partial charge in [-0.05, 0) is 49.8 Å². The zero-order valence-electron chi connectivity index (χ0n) is 12.1. The van der Waals surface area contributed by atoms with Crippen molar-refractivity contribution in [2.24, 2.45) is 17.3 Å². The van der Waals surface area contributed by atoms with Crippen molar-refractivity contribution in [2.75, 3.05) is 0 Å². The Morgan fingerprint density at radius 3 is 2.79 bits per heavy atom. The number of carbonyl (C=O) groups is 1. The number of hydrogen-bond donors (Lipinski definition) is 1. The highest BCUT2D eigenvalue weighted by Crippen LogP contribution is 2.55. The van der Waals surface area contributed by atoms with E-state index in [1.165, 1.54) is 0 Å². The molecule has 0 aromatic heterocycles. The van der Waals surface area contributed by atoms with Gasteiger partial charge in [0.1, 0.15) is 0 Å². The van der Waals surface area contributed by atoms with E-state index in [2.05, 4.69) is 6.92 Å². The van der Waals surface area contributed by atoms with Gasteiger partial charge in [0.2, 0.25) is 0 Å². The first-order valence-corrected chi connectivity index (χ1v) is 7.11. The number of carbonyl (C=O) groups excluding carboxylic acids is 1. The van der Waals surface area contributed by atoms with Crippen molar-refractivity contribution in [1.82, 2.24) is 0 Å². The summed E-state index contributed by atoms with van der Waals surface area (Å²) in [6, 6.07) is 0. The van der Waals surface area contributed by atoms with Gasteiger partial charge in [-0.1, -0.05) is 19.9 Å². The van der Waals surface area contributed by atoms with Crippen molar-refractivity contribution < 1.29 is 14.6 Å². The molecule has 0 amide bonds.